The van der Waals surface area contributed by atoms with Gasteiger partial charge in [0, 0.05) is 25.3 Å². The first-order chi connectivity index (χ1) is 16.1. The average molecular weight is 483 g/mol. The number of morpholine rings is 1. The lowest BCUT2D eigenvalue weighted by molar-refractivity contribution is -0.138. The van der Waals surface area contributed by atoms with E-state index in [2.05, 4.69) is 5.32 Å². The number of rotatable bonds is 9. The second-order valence-electron chi connectivity index (χ2n) is 9.32. The smallest absolute Gasteiger partial charge is 0.370 e. The standard InChI is InChI=1S/C23H29F3N4O4/c24-23(25,26)17-10-16(6-7-18(17)30-8-9-34-13-19(30)31)28-22(33)20(21(27)32)29(12-15-4-5-15)11-14-2-1-3-14/h6-7,10,14-15,20H,1-5,8-9,11-13H2,(H2,27,32)(H,28,33)/t20-/m1/s1. The summed E-state index contributed by atoms with van der Waals surface area (Å²) in [5, 5.41) is 2.45. The average Bonchev–Trinajstić information content (AvgIpc) is 3.54. The van der Waals surface area contributed by atoms with E-state index in [0.29, 0.717) is 24.9 Å². The molecule has 0 bridgehead atoms. The lowest BCUT2D eigenvalue weighted by Crippen LogP contribution is -2.54. The molecule has 0 spiro atoms. The van der Waals surface area contributed by atoms with E-state index in [1.807, 2.05) is 0 Å². The van der Waals surface area contributed by atoms with Crippen molar-refractivity contribution in [2.45, 2.75) is 44.3 Å². The minimum absolute atomic E-state index is 0.00530. The summed E-state index contributed by atoms with van der Waals surface area (Å²) in [5.41, 5.74) is 4.10. The van der Waals surface area contributed by atoms with Crippen LogP contribution < -0.4 is 16.0 Å². The monoisotopic (exact) mass is 482 g/mol. The quantitative estimate of drug-likeness (QED) is 0.526. The van der Waals surface area contributed by atoms with Crippen molar-refractivity contribution in [2.24, 2.45) is 17.6 Å². The molecule has 3 fully saturated rings. The summed E-state index contributed by atoms with van der Waals surface area (Å²) in [7, 11) is 0. The van der Waals surface area contributed by atoms with Crippen LogP contribution in [-0.4, -0.2) is 61.5 Å². The molecule has 34 heavy (non-hydrogen) atoms. The normalized spacial score (nSPS) is 20.2. The first-order valence-corrected chi connectivity index (χ1v) is 11.6. The van der Waals surface area contributed by atoms with Crippen molar-refractivity contribution >= 4 is 29.1 Å². The largest absolute Gasteiger partial charge is 0.418 e. The van der Waals surface area contributed by atoms with Crippen LogP contribution in [0.5, 0.6) is 0 Å². The Labute approximate surface area is 195 Å². The van der Waals surface area contributed by atoms with Gasteiger partial charge in [-0.1, -0.05) is 6.42 Å². The van der Waals surface area contributed by atoms with E-state index >= 15 is 0 Å². The minimum atomic E-state index is -4.76. The number of hydrogen-bond donors (Lipinski definition) is 2. The van der Waals surface area contributed by atoms with E-state index < -0.39 is 35.5 Å². The highest BCUT2D eigenvalue weighted by Crippen LogP contribution is 2.39. The Morgan fingerprint density at radius 3 is 2.38 bits per heavy atom. The fourth-order valence-corrected chi connectivity index (χ4v) is 4.46. The summed E-state index contributed by atoms with van der Waals surface area (Å²) in [5.74, 6) is -1.37. The van der Waals surface area contributed by atoms with Crippen LogP contribution in [0.4, 0.5) is 24.5 Å². The zero-order chi connectivity index (χ0) is 24.5. The second kappa shape index (κ2) is 9.91. The molecule has 2 saturated carbocycles. The van der Waals surface area contributed by atoms with Crippen LogP contribution in [0.1, 0.15) is 37.7 Å². The van der Waals surface area contributed by atoms with Gasteiger partial charge in [-0.15, -0.1) is 0 Å². The van der Waals surface area contributed by atoms with E-state index in [1.54, 1.807) is 4.90 Å². The molecule has 1 aromatic rings. The molecule has 3 amide bonds. The lowest BCUT2D eigenvalue weighted by Gasteiger charge is -2.35. The highest BCUT2D eigenvalue weighted by atomic mass is 19.4. The third-order valence-corrected chi connectivity index (χ3v) is 6.64. The molecule has 3 N–H and O–H groups in total. The van der Waals surface area contributed by atoms with Crippen LogP contribution in [0.15, 0.2) is 18.2 Å². The zero-order valence-corrected chi connectivity index (χ0v) is 18.8. The Balaban J connectivity index is 1.56. The maximum Gasteiger partial charge on any atom is 0.418 e. The van der Waals surface area contributed by atoms with Gasteiger partial charge in [0.1, 0.15) is 6.61 Å². The van der Waals surface area contributed by atoms with Gasteiger partial charge in [-0.3, -0.25) is 19.3 Å². The Bertz CT molecular complexity index is 947. The molecule has 3 aliphatic rings. The number of nitrogens with one attached hydrogen (secondary N) is 1. The van der Waals surface area contributed by atoms with Crippen molar-refractivity contribution < 1.29 is 32.3 Å². The van der Waals surface area contributed by atoms with Crippen LogP contribution in [-0.2, 0) is 25.3 Å². The molecule has 8 nitrogen and oxygen atoms in total. The highest BCUT2D eigenvalue weighted by Gasteiger charge is 2.39. The number of amides is 3. The van der Waals surface area contributed by atoms with E-state index in [9.17, 15) is 27.6 Å². The Kier molecular flexibility index (Phi) is 7.13. The summed E-state index contributed by atoms with van der Waals surface area (Å²) in [6.45, 7) is 0.940. The first-order valence-electron chi connectivity index (χ1n) is 11.6. The summed E-state index contributed by atoms with van der Waals surface area (Å²) < 4.78 is 46.5. The van der Waals surface area contributed by atoms with Crippen LogP contribution in [0.3, 0.4) is 0 Å². The van der Waals surface area contributed by atoms with Gasteiger partial charge >= 0.3 is 6.18 Å². The summed E-state index contributed by atoms with van der Waals surface area (Å²) in [6.07, 6.45) is 0.416. The molecule has 1 atom stereocenters. The molecule has 0 radical (unpaired) electrons. The molecule has 2 aliphatic carbocycles. The number of hydrogen-bond acceptors (Lipinski definition) is 5. The van der Waals surface area contributed by atoms with Crippen molar-refractivity contribution in [3.05, 3.63) is 23.8 Å². The molecule has 0 unspecified atom stereocenters. The fraction of sp³-hybridized carbons (Fsp3) is 0.609. The van der Waals surface area contributed by atoms with Gasteiger partial charge in [-0.05, 0) is 55.7 Å². The number of primary amides is 1. The van der Waals surface area contributed by atoms with Gasteiger partial charge < -0.3 is 20.7 Å². The summed E-state index contributed by atoms with van der Waals surface area (Å²) in [4.78, 5) is 40.2. The third-order valence-electron chi connectivity index (χ3n) is 6.64. The number of carbonyl (C=O) groups is 3. The first kappa shape index (κ1) is 24.5. The number of carbonyl (C=O) groups excluding carboxylic acids is 3. The predicted molar refractivity (Wildman–Crippen MR) is 118 cm³/mol. The van der Waals surface area contributed by atoms with E-state index in [-0.39, 0.29) is 31.1 Å². The molecule has 4 rings (SSSR count). The van der Waals surface area contributed by atoms with E-state index in [1.165, 1.54) is 6.07 Å². The van der Waals surface area contributed by atoms with Gasteiger partial charge in [0.2, 0.25) is 5.91 Å². The Morgan fingerprint density at radius 2 is 1.85 bits per heavy atom. The Hall–Kier alpha value is -2.66. The zero-order valence-electron chi connectivity index (χ0n) is 18.8. The molecule has 1 aromatic carbocycles. The van der Waals surface area contributed by atoms with Gasteiger partial charge in [-0.2, -0.15) is 13.2 Å². The van der Waals surface area contributed by atoms with Crippen molar-refractivity contribution in [2.75, 3.05) is 43.1 Å². The van der Waals surface area contributed by atoms with Gasteiger partial charge in [0.05, 0.1) is 17.9 Å². The SMILES string of the molecule is NC(=O)[C@H](C(=O)Nc1ccc(N2CCOCC2=O)c(C(F)(F)F)c1)N(CC1CCC1)CC1CC1. The van der Waals surface area contributed by atoms with Crippen molar-refractivity contribution in [1.29, 1.82) is 0 Å². The topological polar surface area (TPSA) is 105 Å². The van der Waals surface area contributed by atoms with Crippen LogP contribution in [0, 0.1) is 11.8 Å². The van der Waals surface area contributed by atoms with Crippen LogP contribution >= 0.6 is 0 Å². The van der Waals surface area contributed by atoms with E-state index in [0.717, 1.165) is 49.1 Å². The van der Waals surface area contributed by atoms with Crippen molar-refractivity contribution in [1.82, 2.24) is 4.90 Å². The third kappa shape index (κ3) is 5.69. The molecule has 1 heterocycles. The number of nitrogens with two attached hydrogens (primary N) is 1. The van der Waals surface area contributed by atoms with Gasteiger partial charge in [0.15, 0.2) is 6.04 Å². The molecule has 186 valence electrons. The number of anilines is 2. The van der Waals surface area contributed by atoms with Gasteiger partial charge in [-0.25, -0.2) is 0 Å². The summed E-state index contributed by atoms with van der Waals surface area (Å²) in [6, 6.07) is 1.96. The van der Waals surface area contributed by atoms with Crippen LogP contribution in [0.2, 0.25) is 0 Å². The number of benzene rings is 1. The number of ether oxygens (including phenoxy) is 1. The Morgan fingerprint density at radius 1 is 1.18 bits per heavy atom. The number of alkyl halides is 3. The second-order valence-corrected chi connectivity index (χ2v) is 9.32. The summed E-state index contributed by atoms with van der Waals surface area (Å²) >= 11 is 0. The predicted octanol–water partition coefficient (Wildman–Crippen LogP) is 2.37. The molecule has 11 heteroatoms. The van der Waals surface area contributed by atoms with E-state index in [4.69, 9.17) is 10.5 Å². The molecular formula is C23H29F3N4O4. The highest BCUT2D eigenvalue weighted by molar-refractivity contribution is 6.09. The number of halogens is 3. The maximum absolute atomic E-state index is 13.8. The van der Waals surface area contributed by atoms with Crippen LogP contribution in [0.25, 0.3) is 0 Å². The minimum Gasteiger partial charge on any atom is -0.370 e. The van der Waals surface area contributed by atoms with Crippen molar-refractivity contribution in [3.63, 3.8) is 0 Å². The molecule has 1 aliphatic heterocycles. The molecule has 0 aromatic heterocycles. The molecular weight excluding hydrogens is 453 g/mol. The maximum atomic E-state index is 13.8. The van der Waals surface area contributed by atoms with Gasteiger partial charge in [0.25, 0.3) is 11.8 Å². The fourth-order valence-electron chi connectivity index (χ4n) is 4.46. The number of nitrogens with zero attached hydrogens (tertiary/aromatic N) is 2. The molecule has 1 saturated heterocycles. The van der Waals surface area contributed by atoms with Crippen molar-refractivity contribution in [3.8, 4) is 0 Å². The lowest BCUT2D eigenvalue weighted by atomic mass is 9.84.